The van der Waals surface area contributed by atoms with Crippen LogP contribution in [0.1, 0.15) is 15.9 Å². The lowest BCUT2D eigenvalue weighted by molar-refractivity contribution is 0.108. The molecule has 1 aromatic carbocycles. The van der Waals surface area contributed by atoms with Gasteiger partial charge in [0.1, 0.15) is 0 Å². The molecule has 2 aromatic rings. The van der Waals surface area contributed by atoms with Crippen molar-refractivity contribution in [3.05, 3.63) is 41.6 Å². The molecule has 0 atom stereocenters. The first-order valence-corrected chi connectivity index (χ1v) is 4.61. The van der Waals surface area contributed by atoms with Crippen LogP contribution in [-0.2, 0) is 0 Å². The highest BCUT2D eigenvalue weighted by atomic mass is 35.5. The Morgan fingerprint density at radius 2 is 2.21 bits per heavy atom. The van der Waals surface area contributed by atoms with Gasteiger partial charge in [-0.15, -0.1) is 0 Å². The van der Waals surface area contributed by atoms with Crippen LogP contribution in [0.15, 0.2) is 30.5 Å². The standard InChI is InChI=1S/C11H8ClNO/c1-7-3-2-4-8-5-9(11(12)14)6-13-10(7)8/h2-6H,1H3. The minimum Gasteiger partial charge on any atom is -0.276 e. The third kappa shape index (κ3) is 1.49. The Bertz CT molecular complexity index is 508. The van der Waals surface area contributed by atoms with Crippen LogP contribution in [0.3, 0.4) is 0 Å². The first kappa shape index (κ1) is 9.16. The summed E-state index contributed by atoms with van der Waals surface area (Å²) in [4.78, 5) is 15.1. The van der Waals surface area contributed by atoms with Gasteiger partial charge in [-0.05, 0) is 30.2 Å². The number of rotatable bonds is 1. The predicted molar refractivity (Wildman–Crippen MR) is 56.7 cm³/mol. The van der Waals surface area contributed by atoms with Gasteiger partial charge in [0.05, 0.1) is 11.1 Å². The molecule has 0 fully saturated rings. The number of aryl methyl sites for hydroxylation is 1. The molecule has 1 aromatic heterocycles. The summed E-state index contributed by atoms with van der Waals surface area (Å²) in [6.07, 6.45) is 1.50. The Balaban J connectivity index is 2.73. The summed E-state index contributed by atoms with van der Waals surface area (Å²) >= 11 is 5.36. The van der Waals surface area contributed by atoms with Gasteiger partial charge < -0.3 is 0 Å². The molecule has 0 amide bonds. The minimum absolute atomic E-state index is 0.435. The van der Waals surface area contributed by atoms with Gasteiger partial charge in [0.2, 0.25) is 0 Å². The zero-order chi connectivity index (χ0) is 10.1. The number of fused-ring (bicyclic) bond motifs is 1. The first-order valence-electron chi connectivity index (χ1n) is 4.23. The van der Waals surface area contributed by atoms with E-state index in [0.29, 0.717) is 5.56 Å². The summed E-state index contributed by atoms with van der Waals surface area (Å²) in [5.41, 5.74) is 2.44. The van der Waals surface area contributed by atoms with E-state index in [-0.39, 0.29) is 0 Å². The molecule has 0 saturated heterocycles. The summed E-state index contributed by atoms with van der Waals surface area (Å²) in [5.74, 6) is 0. The Kier molecular flexibility index (Phi) is 2.22. The number of para-hydroxylation sites is 1. The summed E-state index contributed by atoms with van der Waals surface area (Å²) in [6, 6.07) is 7.59. The Morgan fingerprint density at radius 3 is 2.93 bits per heavy atom. The van der Waals surface area contributed by atoms with E-state index in [0.717, 1.165) is 16.5 Å². The van der Waals surface area contributed by atoms with Gasteiger partial charge in [-0.3, -0.25) is 9.78 Å². The summed E-state index contributed by atoms with van der Waals surface area (Å²) in [6.45, 7) is 1.98. The average Bonchev–Trinajstić information content (AvgIpc) is 2.17. The number of carbonyl (C=O) groups is 1. The van der Waals surface area contributed by atoms with E-state index < -0.39 is 5.24 Å². The minimum atomic E-state index is -0.471. The SMILES string of the molecule is Cc1cccc2cc(C(=O)Cl)cnc12. The fourth-order valence-electron chi connectivity index (χ4n) is 1.42. The van der Waals surface area contributed by atoms with Gasteiger partial charge in [0.25, 0.3) is 5.24 Å². The molecule has 1 heterocycles. The zero-order valence-electron chi connectivity index (χ0n) is 7.62. The number of aromatic nitrogens is 1. The Labute approximate surface area is 86.5 Å². The lowest BCUT2D eigenvalue weighted by atomic mass is 10.1. The molecular weight excluding hydrogens is 198 g/mol. The van der Waals surface area contributed by atoms with Crippen molar-refractivity contribution in [2.75, 3.05) is 0 Å². The van der Waals surface area contributed by atoms with E-state index in [2.05, 4.69) is 4.98 Å². The average molecular weight is 206 g/mol. The van der Waals surface area contributed by atoms with E-state index in [9.17, 15) is 4.79 Å². The fourth-order valence-corrected chi connectivity index (χ4v) is 1.52. The Hall–Kier alpha value is -1.41. The monoisotopic (exact) mass is 205 g/mol. The maximum atomic E-state index is 10.9. The van der Waals surface area contributed by atoms with E-state index in [1.54, 1.807) is 6.07 Å². The second-order valence-corrected chi connectivity index (χ2v) is 3.49. The van der Waals surface area contributed by atoms with Crippen molar-refractivity contribution in [1.29, 1.82) is 0 Å². The fraction of sp³-hybridized carbons (Fsp3) is 0.0909. The number of pyridine rings is 1. The summed E-state index contributed by atoms with van der Waals surface area (Å²) in [7, 11) is 0. The van der Waals surface area contributed by atoms with Gasteiger partial charge in [-0.1, -0.05) is 18.2 Å². The maximum Gasteiger partial charge on any atom is 0.253 e. The summed E-state index contributed by atoms with van der Waals surface area (Å²) < 4.78 is 0. The van der Waals surface area contributed by atoms with Gasteiger partial charge in [0, 0.05) is 11.6 Å². The molecule has 0 aliphatic heterocycles. The molecule has 2 nitrogen and oxygen atoms in total. The molecule has 0 radical (unpaired) electrons. The van der Waals surface area contributed by atoms with Crippen molar-refractivity contribution in [3.8, 4) is 0 Å². The molecule has 0 N–H and O–H groups in total. The highest BCUT2D eigenvalue weighted by Crippen LogP contribution is 2.17. The number of benzene rings is 1. The van der Waals surface area contributed by atoms with Gasteiger partial charge >= 0.3 is 0 Å². The highest BCUT2D eigenvalue weighted by Gasteiger charge is 2.04. The van der Waals surface area contributed by atoms with Gasteiger partial charge in [-0.2, -0.15) is 0 Å². The lowest BCUT2D eigenvalue weighted by Gasteiger charge is -2.01. The van der Waals surface area contributed by atoms with Crippen molar-refractivity contribution in [1.82, 2.24) is 4.98 Å². The number of carbonyl (C=O) groups excluding carboxylic acids is 1. The third-order valence-corrected chi connectivity index (χ3v) is 2.36. The molecule has 70 valence electrons. The topological polar surface area (TPSA) is 30.0 Å². The van der Waals surface area contributed by atoms with Crippen LogP contribution in [-0.4, -0.2) is 10.2 Å². The second kappa shape index (κ2) is 3.39. The first-order chi connectivity index (χ1) is 6.68. The molecule has 3 heteroatoms. The van der Waals surface area contributed by atoms with E-state index in [1.807, 2.05) is 25.1 Å². The van der Waals surface area contributed by atoms with E-state index in [4.69, 9.17) is 11.6 Å². The molecule has 0 aliphatic carbocycles. The van der Waals surface area contributed by atoms with Crippen LogP contribution in [0.2, 0.25) is 0 Å². The van der Waals surface area contributed by atoms with Crippen LogP contribution in [0.25, 0.3) is 10.9 Å². The van der Waals surface area contributed by atoms with Crippen LogP contribution in [0, 0.1) is 6.92 Å². The molecule has 2 rings (SSSR count). The van der Waals surface area contributed by atoms with Crippen LogP contribution in [0.4, 0.5) is 0 Å². The van der Waals surface area contributed by atoms with Crippen molar-refractivity contribution >= 4 is 27.7 Å². The van der Waals surface area contributed by atoms with Gasteiger partial charge in [-0.25, -0.2) is 0 Å². The predicted octanol–water partition coefficient (Wildman–Crippen LogP) is 2.92. The summed E-state index contributed by atoms with van der Waals surface area (Å²) in [5, 5.41) is 0.470. The Morgan fingerprint density at radius 1 is 1.43 bits per heavy atom. The van der Waals surface area contributed by atoms with E-state index in [1.165, 1.54) is 6.20 Å². The zero-order valence-corrected chi connectivity index (χ0v) is 8.38. The lowest BCUT2D eigenvalue weighted by Crippen LogP contribution is -1.91. The van der Waals surface area contributed by atoms with Crippen molar-refractivity contribution in [3.63, 3.8) is 0 Å². The van der Waals surface area contributed by atoms with E-state index >= 15 is 0 Å². The molecular formula is C11H8ClNO. The van der Waals surface area contributed by atoms with Crippen LogP contribution >= 0.6 is 11.6 Å². The van der Waals surface area contributed by atoms with Crippen molar-refractivity contribution in [2.24, 2.45) is 0 Å². The van der Waals surface area contributed by atoms with Gasteiger partial charge in [0.15, 0.2) is 0 Å². The normalized spacial score (nSPS) is 10.4. The quantitative estimate of drug-likeness (QED) is 0.670. The molecule has 14 heavy (non-hydrogen) atoms. The van der Waals surface area contributed by atoms with Crippen LogP contribution in [0.5, 0.6) is 0 Å². The molecule has 0 saturated carbocycles. The van der Waals surface area contributed by atoms with Crippen molar-refractivity contribution < 1.29 is 4.79 Å². The molecule has 0 unspecified atom stereocenters. The number of nitrogens with zero attached hydrogens (tertiary/aromatic N) is 1. The molecule has 0 aliphatic rings. The van der Waals surface area contributed by atoms with Crippen LogP contribution < -0.4 is 0 Å². The van der Waals surface area contributed by atoms with Crippen molar-refractivity contribution in [2.45, 2.75) is 6.92 Å². The molecule has 0 spiro atoms. The number of hydrogen-bond acceptors (Lipinski definition) is 2. The second-order valence-electron chi connectivity index (χ2n) is 3.14. The third-order valence-electron chi connectivity index (χ3n) is 2.14. The smallest absolute Gasteiger partial charge is 0.253 e. The maximum absolute atomic E-state index is 10.9. The highest BCUT2D eigenvalue weighted by molar-refractivity contribution is 6.67. The largest absolute Gasteiger partial charge is 0.276 e. The molecule has 0 bridgehead atoms. The number of halogens is 1. The number of hydrogen-bond donors (Lipinski definition) is 0.